The summed E-state index contributed by atoms with van der Waals surface area (Å²) in [6.45, 7) is 2.98. The third-order valence-corrected chi connectivity index (χ3v) is 3.76. The number of hydrogen-bond donors (Lipinski definition) is 0. The van der Waals surface area contributed by atoms with Gasteiger partial charge in [-0.3, -0.25) is 4.79 Å². The van der Waals surface area contributed by atoms with Crippen molar-refractivity contribution in [1.29, 1.82) is 0 Å². The molecular formula is C14H17NOS. The molecule has 0 unspecified atom stereocenters. The standard InChI is InChI=1S/C14H17NOS/c1-2-17-11-5-9-15-10-8-12-6-3-4-7-13(12)14(15)16/h3-4,6-8,10H,2,5,9,11H2,1H3. The quantitative estimate of drug-likeness (QED) is 0.757. The molecule has 0 bridgehead atoms. The van der Waals surface area contributed by atoms with E-state index in [9.17, 15) is 4.79 Å². The van der Waals surface area contributed by atoms with E-state index in [0.717, 1.165) is 35.2 Å². The van der Waals surface area contributed by atoms with Crippen LogP contribution in [0, 0.1) is 0 Å². The summed E-state index contributed by atoms with van der Waals surface area (Å²) in [5.41, 5.74) is 0.129. The molecule has 1 aromatic carbocycles. The average molecular weight is 247 g/mol. The van der Waals surface area contributed by atoms with Gasteiger partial charge in [-0.15, -0.1) is 0 Å². The zero-order chi connectivity index (χ0) is 12.1. The normalized spacial score (nSPS) is 10.9. The largest absolute Gasteiger partial charge is 0.315 e. The van der Waals surface area contributed by atoms with E-state index in [2.05, 4.69) is 6.92 Å². The van der Waals surface area contributed by atoms with Gasteiger partial charge in [0, 0.05) is 18.1 Å². The highest BCUT2D eigenvalue weighted by atomic mass is 32.2. The minimum Gasteiger partial charge on any atom is -0.315 e. The minimum atomic E-state index is 0.129. The average Bonchev–Trinajstić information content (AvgIpc) is 2.37. The van der Waals surface area contributed by atoms with Gasteiger partial charge in [0.15, 0.2) is 0 Å². The summed E-state index contributed by atoms with van der Waals surface area (Å²) in [5, 5.41) is 1.84. The molecule has 0 N–H and O–H groups in total. The van der Waals surface area contributed by atoms with E-state index < -0.39 is 0 Å². The SMILES string of the molecule is CCSCCCn1ccc2ccccc2c1=O. The van der Waals surface area contributed by atoms with Crippen molar-refractivity contribution in [3.05, 3.63) is 46.9 Å². The van der Waals surface area contributed by atoms with Gasteiger partial charge in [-0.2, -0.15) is 11.8 Å². The Bertz CT molecular complexity index is 547. The van der Waals surface area contributed by atoms with Gasteiger partial charge >= 0.3 is 0 Å². The summed E-state index contributed by atoms with van der Waals surface area (Å²) < 4.78 is 1.82. The van der Waals surface area contributed by atoms with E-state index in [1.807, 2.05) is 52.9 Å². The highest BCUT2D eigenvalue weighted by molar-refractivity contribution is 7.99. The van der Waals surface area contributed by atoms with E-state index in [1.165, 1.54) is 0 Å². The predicted octanol–water partition coefficient (Wildman–Crippen LogP) is 3.14. The Kier molecular flexibility index (Phi) is 4.26. The smallest absolute Gasteiger partial charge is 0.258 e. The van der Waals surface area contributed by atoms with Crippen LogP contribution in [-0.2, 0) is 6.54 Å². The molecule has 0 amide bonds. The number of thioether (sulfide) groups is 1. The fraction of sp³-hybridized carbons (Fsp3) is 0.357. The van der Waals surface area contributed by atoms with Crippen molar-refractivity contribution in [2.24, 2.45) is 0 Å². The second-order valence-electron chi connectivity index (χ2n) is 3.95. The molecule has 17 heavy (non-hydrogen) atoms. The first-order valence-electron chi connectivity index (χ1n) is 5.99. The van der Waals surface area contributed by atoms with E-state index in [1.54, 1.807) is 0 Å². The maximum Gasteiger partial charge on any atom is 0.258 e. The van der Waals surface area contributed by atoms with E-state index in [-0.39, 0.29) is 5.56 Å². The van der Waals surface area contributed by atoms with E-state index >= 15 is 0 Å². The molecule has 0 fully saturated rings. The highest BCUT2D eigenvalue weighted by Gasteiger charge is 2.01. The Hall–Kier alpha value is -1.22. The van der Waals surface area contributed by atoms with Crippen LogP contribution in [0.5, 0.6) is 0 Å². The second-order valence-corrected chi connectivity index (χ2v) is 5.35. The van der Waals surface area contributed by atoms with Gasteiger partial charge in [-0.05, 0) is 35.4 Å². The highest BCUT2D eigenvalue weighted by Crippen LogP contribution is 2.08. The molecule has 0 aliphatic rings. The number of aromatic nitrogens is 1. The fourth-order valence-electron chi connectivity index (χ4n) is 1.89. The lowest BCUT2D eigenvalue weighted by atomic mass is 10.2. The second kappa shape index (κ2) is 5.92. The van der Waals surface area contributed by atoms with Crippen LogP contribution in [0.1, 0.15) is 13.3 Å². The molecule has 0 aliphatic carbocycles. The molecule has 2 nitrogen and oxygen atoms in total. The predicted molar refractivity (Wildman–Crippen MR) is 75.8 cm³/mol. The van der Waals surface area contributed by atoms with Crippen LogP contribution in [0.2, 0.25) is 0 Å². The van der Waals surface area contributed by atoms with Gasteiger partial charge in [-0.25, -0.2) is 0 Å². The summed E-state index contributed by atoms with van der Waals surface area (Å²) in [7, 11) is 0. The number of benzene rings is 1. The number of nitrogens with zero attached hydrogens (tertiary/aromatic N) is 1. The summed E-state index contributed by atoms with van der Waals surface area (Å²) in [6.07, 6.45) is 2.96. The van der Waals surface area contributed by atoms with Crippen LogP contribution >= 0.6 is 11.8 Å². The molecule has 1 heterocycles. The molecule has 0 saturated carbocycles. The Morgan fingerprint density at radius 3 is 2.88 bits per heavy atom. The van der Waals surface area contributed by atoms with Crippen molar-refractivity contribution >= 4 is 22.5 Å². The van der Waals surface area contributed by atoms with Crippen molar-refractivity contribution in [3.8, 4) is 0 Å². The van der Waals surface area contributed by atoms with Crippen LogP contribution in [0.25, 0.3) is 10.8 Å². The third kappa shape index (κ3) is 2.91. The Morgan fingerprint density at radius 2 is 2.06 bits per heavy atom. The van der Waals surface area contributed by atoms with Crippen LogP contribution in [0.15, 0.2) is 41.3 Å². The Balaban J connectivity index is 2.18. The van der Waals surface area contributed by atoms with Crippen molar-refractivity contribution < 1.29 is 0 Å². The first-order valence-corrected chi connectivity index (χ1v) is 7.14. The Labute approximate surface area is 106 Å². The maximum absolute atomic E-state index is 12.1. The molecule has 3 heteroatoms. The summed E-state index contributed by atoms with van der Waals surface area (Å²) in [4.78, 5) is 12.1. The van der Waals surface area contributed by atoms with E-state index in [4.69, 9.17) is 0 Å². The van der Waals surface area contributed by atoms with Gasteiger partial charge in [-0.1, -0.05) is 25.1 Å². The third-order valence-electron chi connectivity index (χ3n) is 2.78. The zero-order valence-electron chi connectivity index (χ0n) is 10.1. The van der Waals surface area contributed by atoms with Gasteiger partial charge in [0.25, 0.3) is 5.56 Å². The molecule has 1 aromatic heterocycles. The lowest BCUT2D eigenvalue weighted by molar-refractivity contribution is 0.664. The van der Waals surface area contributed by atoms with Crippen LogP contribution in [0.3, 0.4) is 0 Å². The summed E-state index contributed by atoms with van der Waals surface area (Å²) in [5.74, 6) is 2.27. The van der Waals surface area contributed by atoms with Gasteiger partial charge < -0.3 is 4.57 Å². The van der Waals surface area contributed by atoms with Crippen molar-refractivity contribution in [2.45, 2.75) is 19.9 Å². The molecule has 0 saturated heterocycles. The molecule has 0 aliphatic heterocycles. The number of fused-ring (bicyclic) bond motifs is 1. The number of hydrogen-bond acceptors (Lipinski definition) is 2. The topological polar surface area (TPSA) is 22.0 Å². The molecule has 2 aromatic rings. The summed E-state index contributed by atoms with van der Waals surface area (Å²) >= 11 is 1.92. The van der Waals surface area contributed by atoms with Gasteiger partial charge in [0.05, 0.1) is 0 Å². The maximum atomic E-state index is 12.1. The monoisotopic (exact) mass is 247 g/mol. The number of pyridine rings is 1. The molecule has 0 spiro atoms. The molecule has 0 radical (unpaired) electrons. The lowest BCUT2D eigenvalue weighted by Gasteiger charge is -2.06. The van der Waals surface area contributed by atoms with Gasteiger partial charge in [0.1, 0.15) is 0 Å². The summed E-state index contributed by atoms with van der Waals surface area (Å²) in [6, 6.07) is 9.78. The molecule has 2 rings (SSSR count). The lowest BCUT2D eigenvalue weighted by Crippen LogP contribution is -2.19. The van der Waals surface area contributed by atoms with Crippen molar-refractivity contribution in [3.63, 3.8) is 0 Å². The molecule has 0 atom stereocenters. The first kappa shape index (κ1) is 12.2. The van der Waals surface area contributed by atoms with Gasteiger partial charge in [0.2, 0.25) is 0 Å². The minimum absolute atomic E-state index is 0.129. The van der Waals surface area contributed by atoms with Crippen LogP contribution in [0.4, 0.5) is 0 Å². The van der Waals surface area contributed by atoms with Crippen molar-refractivity contribution in [2.75, 3.05) is 11.5 Å². The molecular weight excluding hydrogens is 230 g/mol. The number of aryl methyl sites for hydroxylation is 1. The fourth-order valence-corrected chi connectivity index (χ4v) is 2.51. The molecule has 90 valence electrons. The number of rotatable bonds is 5. The van der Waals surface area contributed by atoms with Crippen molar-refractivity contribution in [1.82, 2.24) is 4.57 Å². The Morgan fingerprint density at radius 1 is 1.24 bits per heavy atom. The van der Waals surface area contributed by atoms with Crippen LogP contribution in [-0.4, -0.2) is 16.1 Å². The van der Waals surface area contributed by atoms with Crippen LogP contribution < -0.4 is 5.56 Å². The zero-order valence-corrected chi connectivity index (χ0v) is 10.9. The van der Waals surface area contributed by atoms with E-state index in [0.29, 0.717) is 0 Å². The first-order chi connectivity index (χ1) is 8.33.